The molecule has 174 valence electrons. The zero-order valence-electron chi connectivity index (χ0n) is 19.7. The van der Waals surface area contributed by atoms with E-state index in [1.807, 2.05) is 0 Å². The van der Waals surface area contributed by atoms with Crippen LogP contribution in [0.3, 0.4) is 0 Å². The summed E-state index contributed by atoms with van der Waals surface area (Å²) < 4.78 is 5.36. The van der Waals surface area contributed by atoms with Crippen LogP contribution in [-0.2, 0) is 20.7 Å². The van der Waals surface area contributed by atoms with Crippen molar-refractivity contribution in [1.82, 2.24) is 9.88 Å². The predicted octanol–water partition coefficient (Wildman–Crippen LogP) is 5.38. The summed E-state index contributed by atoms with van der Waals surface area (Å²) in [6.07, 6.45) is 12.6. The summed E-state index contributed by atoms with van der Waals surface area (Å²) in [5.74, 6) is 0.102. The molecule has 1 unspecified atom stereocenters. The van der Waals surface area contributed by atoms with Crippen LogP contribution < -0.4 is 0 Å². The first-order valence-corrected chi connectivity index (χ1v) is 12.6. The van der Waals surface area contributed by atoms with E-state index in [0.29, 0.717) is 18.4 Å². The number of aromatic nitrogens is 1. The Morgan fingerprint density at radius 2 is 1.91 bits per heavy atom. The number of hydrogen-bond donors (Lipinski definition) is 1. The lowest BCUT2D eigenvalue weighted by Gasteiger charge is -2.45. The summed E-state index contributed by atoms with van der Waals surface area (Å²) >= 11 is 0. The van der Waals surface area contributed by atoms with Crippen LogP contribution in [-0.4, -0.2) is 47.9 Å². The van der Waals surface area contributed by atoms with Crippen molar-refractivity contribution in [3.05, 3.63) is 35.5 Å². The predicted molar refractivity (Wildman–Crippen MR) is 128 cm³/mol. The smallest absolute Gasteiger partial charge is 0.306 e. The minimum absolute atomic E-state index is 0.0651. The molecule has 3 atom stereocenters. The number of rotatable bonds is 11. The van der Waals surface area contributed by atoms with E-state index in [1.165, 1.54) is 54.1 Å². The van der Waals surface area contributed by atoms with Gasteiger partial charge in [0.05, 0.1) is 0 Å². The average molecular weight is 439 g/mol. The number of H-pyrrole nitrogens is 1. The van der Waals surface area contributed by atoms with Gasteiger partial charge in [-0.2, -0.15) is 0 Å². The number of benzene rings is 1. The highest BCUT2D eigenvalue weighted by atomic mass is 16.5. The Morgan fingerprint density at radius 1 is 1.12 bits per heavy atom. The van der Waals surface area contributed by atoms with Crippen molar-refractivity contribution in [3.8, 4) is 0 Å². The van der Waals surface area contributed by atoms with Gasteiger partial charge in [0.25, 0.3) is 0 Å². The Morgan fingerprint density at radius 3 is 2.72 bits per heavy atom. The summed E-state index contributed by atoms with van der Waals surface area (Å²) in [6.45, 7) is 2.88. The van der Waals surface area contributed by atoms with E-state index in [9.17, 15) is 9.59 Å². The topological polar surface area (TPSA) is 62.4 Å². The van der Waals surface area contributed by atoms with Gasteiger partial charge in [-0.3, -0.25) is 9.59 Å². The highest BCUT2D eigenvalue weighted by Gasteiger charge is 2.41. The number of likely N-dealkylation sites (tertiary alicyclic amines) is 1. The van der Waals surface area contributed by atoms with E-state index in [4.69, 9.17) is 4.74 Å². The summed E-state index contributed by atoms with van der Waals surface area (Å²) in [5.41, 5.74) is 3.93. The average Bonchev–Trinajstić information content (AvgIpc) is 3.21. The normalized spacial score (nSPS) is 22.6. The first-order chi connectivity index (χ1) is 15.6. The highest BCUT2D eigenvalue weighted by Crippen LogP contribution is 2.44. The van der Waals surface area contributed by atoms with E-state index in [0.717, 1.165) is 32.2 Å². The maximum atomic E-state index is 12.9. The Labute approximate surface area is 191 Å². The third-order valence-corrected chi connectivity index (χ3v) is 7.54. The molecule has 1 saturated heterocycles. The number of Topliss-reactive ketones (excluding diaryl/α,β-unsaturated/α-hetero) is 1. The second-order valence-electron chi connectivity index (χ2n) is 9.83. The van der Waals surface area contributed by atoms with Gasteiger partial charge in [0.1, 0.15) is 6.61 Å². The second-order valence-corrected chi connectivity index (χ2v) is 9.83. The highest BCUT2D eigenvalue weighted by molar-refractivity contribution is 5.89. The van der Waals surface area contributed by atoms with Crippen LogP contribution in [0, 0.1) is 5.92 Å². The van der Waals surface area contributed by atoms with Gasteiger partial charge in [-0.05, 0) is 43.5 Å². The second kappa shape index (κ2) is 10.7. The van der Waals surface area contributed by atoms with E-state index in [2.05, 4.69) is 48.3 Å². The molecule has 5 heteroatoms. The number of nitrogens with one attached hydrogen (secondary N) is 1. The molecule has 1 aromatic carbocycles. The molecule has 1 aliphatic heterocycles. The van der Waals surface area contributed by atoms with E-state index in [-0.39, 0.29) is 24.3 Å². The number of ketones is 1. The maximum absolute atomic E-state index is 12.9. The zero-order chi connectivity index (χ0) is 22.5. The number of carbonyl (C=O) groups excluding carboxylic acids is 2. The van der Waals surface area contributed by atoms with Gasteiger partial charge < -0.3 is 14.6 Å². The lowest BCUT2D eigenvalue weighted by Crippen LogP contribution is -2.50. The Bertz CT molecular complexity index is 934. The Balaban J connectivity index is 1.26. The molecular weight excluding hydrogens is 400 g/mol. The van der Waals surface area contributed by atoms with E-state index in [1.54, 1.807) is 0 Å². The van der Waals surface area contributed by atoms with Crippen LogP contribution in [0.15, 0.2) is 24.4 Å². The number of esters is 1. The fourth-order valence-corrected chi connectivity index (χ4v) is 5.74. The van der Waals surface area contributed by atoms with Crippen molar-refractivity contribution in [1.29, 1.82) is 0 Å². The van der Waals surface area contributed by atoms with Crippen LogP contribution >= 0.6 is 0 Å². The Kier molecular flexibility index (Phi) is 7.67. The van der Waals surface area contributed by atoms with Gasteiger partial charge in [0.2, 0.25) is 0 Å². The van der Waals surface area contributed by atoms with Crippen molar-refractivity contribution < 1.29 is 14.3 Å². The molecule has 1 fully saturated rings. The molecule has 4 rings (SSSR count). The third-order valence-electron chi connectivity index (χ3n) is 7.54. The molecule has 1 N–H and O–H groups in total. The molecule has 2 heterocycles. The standard InChI is InChI=1S/C27H38N2O3/c1-3-4-5-6-7-8-9-13-26(31)32-18-25(30)20-14-22-21-11-10-12-23-27(21)19(16-28-23)15-24(22)29(2)17-20/h10-12,16,20,22,24,28H,3-9,13-15,17-18H2,1-2H3/t20?,22-,24-/m1/s1. The third kappa shape index (κ3) is 5.09. The molecule has 0 radical (unpaired) electrons. The van der Waals surface area contributed by atoms with Crippen molar-refractivity contribution in [2.45, 2.75) is 83.1 Å². The molecule has 0 amide bonds. The largest absolute Gasteiger partial charge is 0.458 e. The number of carbonyl (C=O) groups is 2. The monoisotopic (exact) mass is 438 g/mol. The summed E-state index contributed by atoms with van der Waals surface area (Å²) in [6, 6.07) is 6.88. The van der Waals surface area contributed by atoms with Gasteiger partial charge in [0, 0.05) is 47.9 Å². The van der Waals surface area contributed by atoms with E-state index < -0.39 is 0 Å². The maximum Gasteiger partial charge on any atom is 0.306 e. The Hall–Kier alpha value is -2.14. The number of piperidine rings is 1. The fourth-order valence-electron chi connectivity index (χ4n) is 5.74. The van der Waals surface area contributed by atoms with Crippen LogP contribution in [0.5, 0.6) is 0 Å². The van der Waals surface area contributed by atoms with Gasteiger partial charge in [-0.25, -0.2) is 0 Å². The van der Waals surface area contributed by atoms with Crippen molar-refractivity contribution in [2.24, 2.45) is 5.92 Å². The number of unbranched alkanes of at least 4 members (excludes halogenated alkanes) is 6. The summed E-state index contributed by atoms with van der Waals surface area (Å²) in [7, 11) is 2.13. The molecule has 5 nitrogen and oxygen atoms in total. The molecule has 0 bridgehead atoms. The molecule has 0 spiro atoms. The van der Waals surface area contributed by atoms with Crippen molar-refractivity contribution in [3.63, 3.8) is 0 Å². The number of fused-ring (bicyclic) bond motifs is 2. The molecular formula is C27H38N2O3. The number of likely N-dealkylation sites (N-methyl/N-ethyl adjacent to an activating group) is 1. The molecule has 1 aromatic heterocycles. The first kappa shape index (κ1) is 23.0. The van der Waals surface area contributed by atoms with E-state index >= 15 is 0 Å². The van der Waals surface area contributed by atoms with Gasteiger partial charge in [-0.1, -0.05) is 57.6 Å². The van der Waals surface area contributed by atoms with Crippen molar-refractivity contribution >= 4 is 22.7 Å². The van der Waals surface area contributed by atoms with Crippen molar-refractivity contribution in [2.75, 3.05) is 20.2 Å². The minimum Gasteiger partial charge on any atom is -0.458 e. The lowest BCUT2D eigenvalue weighted by atomic mass is 9.72. The van der Waals surface area contributed by atoms with Crippen LogP contribution in [0.2, 0.25) is 0 Å². The summed E-state index contributed by atoms with van der Waals surface area (Å²) in [4.78, 5) is 30.8. The fraction of sp³-hybridized carbons (Fsp3) is 0.630. The molecule has 1 aliphatic carbocycles. The quantitative estimate of drug-likeness (QED) is 0.378. The van der Waals surface area contributed by atoms with Crippen LogP contribution in [0.4, 0.5) is 0 Å². The zero-order valence-corrected chi connectivity index (χ0v) is 19.7. The molecule has 2 aromatic rings. The minimum atomic E-state index is -0.228. The SMILES string of the molecule is CCCCCCCCCC(=O)OCC(=O)C1C[C@@H]2c3cccc4[nH]cc(c34)C[C@H]2N(C)C1. The van der Waals surface area contributed by atoms with Gasteiger partial charge in [0.15, 0.2) is 5.78 Å². The molecule has 0 saturated carbocycles. The number of ether oxygens (including phenoxy) is 1. The van der Waals surface area contributed by atoms with Crippen LogP contribution in [0.25, 0.3) is 10.9 Å². The first-order valence-electron chi connectivity index (χ1n) is 12.6. The molecule has 2 aliphatic rings. The summed E-state index contributed by atoms with van der Waals surface area (Å²) in [5, 5.41) is 1.34. The lowest BCUT2D eigenvalue weighted by molar-refractivity contribution is -0.149. The number of aromatic amines is 1. The van der Waals surface area contributed by atoms with Gasteiger partial charge >= 0.3 is 5.97 Å². The van der Waals surface area contributed by atoms with Gasteiger partial charge in [-0.15, -0.1) is 0 Å². The number of hydrogen-bond acceptors (Lipinski definition) is 4. The number of nitrogens with zero attached hydrogens (tertiary/aromatic N) is 1. The molecule has 32 heavy (non-hydrogen) atoms. The van der Waals surface area contributed by atoms with Crippen LogP contribution in [0.1, 0.15) is 81.8 Å².